The van der Waals surface area contributed by atoms with E-state index >= 15 is 0 Å². The molecule has 0 aliphatic rings. The summed E-state index contributed by atoms with van der Waals surface area (Å²) in [5.74, 6) is 6.99. The fourth-order valence-electron chi connectivity index (χ4n) is 1.12. The Balaban J connectivity index is 2.67. The summed E-state index contributed by atoms with van der Waals surface area (Å²) in [6.45, 7) is 3.45. The molecule has 0 bridgehead atoms. The van der Waals surface area contributed by atoms with Crippen LogP contribution < -0.4 is 4.74 Å². The van der Waals surface area contributed by atoms with E-state index in [1.54, 1.807) is 13.3 Å². The van der Waals surface area contributed by atoms with Crippen molar-refractivity contribution < 1.29 is 9.53 Å². The Labute approximate surface area is 99.6 Å². The summed E-state index contributed by atoms with van der Waals surface area (Å²) in [4.78, 5) is 14.8. The summed E-state index contributed by atoms with van der Waals surface area (Å²) in [7, 11) is 1.59. The van der Waals surface area contributed by atoms with E-state index in [1.807, 2.05) is 13.0 Å². The van der Waals surface area contributed by atoms with Crippen LogP contribution in [-0.4, -0.2) is 23.0 Å². The highest BCUT2D eigenvalue weighted by Gasteiger charge is 1.98. The van der Waals surface area contributed by atoms with E-state index in [0.29, 0.717) is 11.6 Å². The van der Waals surface area contributed by atoms with Gasteiger partial charge in [0.05, 0.1) is 12.9 Å². The summed E-state index contributed by atoms with van der Waals surface area (Å²) in [6.07, 6.45) is 1.66. The average molecular weight is 235 g/mol. The van der Waals surface area contributed by atoms with Gasteiger partial charge in [0.25, 0.3) is 0 Å². The van der Waals surface area contributed by atoms with Gasteiger partial charge in [-0.05, 0) is 13.0 Å². The van der Waals surface area contributed by atoms with Crippen molar-refractivity contribution in [2.75, 3.05) is 12.9 Å². The molecule has 0 aromatic carbocycles. The Hall–Kier alpha value is -1.47. The number of ether oxygens (including phenoxy) is 1. The molecule has 3 nitrogen and oxygen atoms in total. The lowest BCUT2D eigenvalue weighted by Crippen LogP contribution is -1.91. The third kappa shape index (κ3) is 3.95. The van der Waals surface area contributed by atoms with E-state index in [1.165, 1.54) is 18.7 Å². The molecule has 4 heteroatoms. The second kappa shape index (κ2) is 6.19. The van der Waals surface area contributed by atoms with Crippen LogP contribution in [0.25, 0.3) is 0 Å². The Bertz CT molecular complexity index is 446. The normalized spacial score (nSPS) is 9.19. The predicted octanol–water partition coefficient (Wildman–Crippen LogP) is 2.03. The second-order valence-corrected chi connectivity index (χ2v) is 4.28. The van der Waals surface area contributed by atoms with Crippen LogP contribution in [0.1, 0.15) is 18.1 Å². The second-order valence-electron chi connectivity index (χ2n) is 3.13. The predicted molar refractivity (Wildman–Crippen MR) is 65.5 cm³/mol. The van der Waals surface area contributed by atoms with Crippen molar-refractivity contribution in [3.63, 3.8) is 0 Å². The molecule has 1 rings (SSSR count). The van der Waals surface area contributed by atoms with Crippen LogP contribution in [0.5, 0.6) is 5.88 Å². The third-order valence-corrected chi connectivity index (χ3v) is 2.50. The summed E-state index contributed by atoms with van der Waals surface area (Å²) < 4.78 is 5.05. The molecular formula is C12H13NO2S. The molecule has 0 atom stereocenters. The van der Waals surface area contributed by atoms with Gasteiger partial charge in [-0.3, -0.25) is 4.79 Å². The Morgan fingerprint density at radius 1 is 1.62 bits per heavy atom. The zero-order valence-electron chi connectivity index (χ0n) is 9.53. The molecule has 0 radical (unpaired) electrons. The number of hydrogen-bond donors (Lipinski definition) is 0. The van der Waals surface area contributed by atoms with E-state index in [-0.39, 0.29) is 5.12 Å². The maximum Gasteiger partial charge on any atom is 0.215 e. The topological polar surface area (TPSA) is 39.2 Å². The number of methoxy groups -OCH3 is 1. The number of thioether (sulfide) groups is 1. The number of aromatic nitrogens is 1. The van der Waals surface area contributed by atoms with Gasteiger partial charge < -0.3 is 4.74 Å². The first-order valence-electron chi connectivity index (χ1n) is 4.76. The summed E-state index contributed by atoms with van der Waals surface area (Å²) in [5, 5.41) is 0.0818. The number of hydrogen-bond acceptors (Lipinski definition) is 4. The number of carbonyl (C=O) groups is 1. The summed E-state index contributed by atoms with van der Waals surface area (Å²) in [5.41, 5.74) is 1.79. The van der Waals surface area contributed by atoms with E-state index in [2.05, 4.69) is 16.8 Å². The SMILES string of the molecule is COc1ncc(C#CCSC(C)=O)cc1C. The Morgan fingerprint density at radius 3 is 2.94 bits per heavy atom. The Morgan fingerprint density at radius 2 is 2.38 bits per heavy atom. The summed E-state index contributed by atoms with van der Waals surface area (Å²) >= 11 is 1.20. The first kappa shape index (κ1) is 12.6. The number of carbonyl (C=O) groups excluding carboxylic acids is 1. The maximum atomic E-state index is 10.7. The molecule has 1 aromatic rings. The number of nitrogens with zero attached hydrogens (tertiary/aromatic N) is 1. The zero-order chi connectivity index (χ0) is 12.0. The average Bonchev–Trinajstić information content (AvgIpc) is 2.24. The van der Waals surface area contributed by atoms with Gasteiger partial charge in [-0.25, -0.2) is 4.98 Å². The van der Waals surface area contributed by atoms with Crippen LogP contribution in [0.4, 0.5) is 0 Å². The van der Waals surface area contributed by atoms with Crippen LogP contribution in [-0.2, 0) is 4.79 Å². The highest BCUT2D eigenvalue weighted by atomic mass is 32.2. The minimum atomic E-state index is 0.0818. The van der Waals surface area contributed by atoms with Crippen molar-refractivity contribution in [1.29, 1.82) is 0 Å². The van der Waals surface area contributed by atoms with Crippen LogP contribution >= 0.6 is 11.8 Å². The molecule has 0 aliphatic heterocycles. The fourth-order valence-corrected chi connectivity index (χ4v) is 1.47. The standard InChI is InChI=1S/C12H13NO2S/c1-9-7-11(8-13-12(9)15-3)5-4-6-16-10(2)14/h7-8H,6H2,1-3H3. The smallest absolute Gasteiger partial charge is 0.215 e. The molecule has 0 aliphatic carbocycles. The molecule has 16 heavy (non-hydrogen) atoms. The van der Waals surface area contributed by atoms with E-state index in [0.717, 1.165) is 11.1 Å². The highest BCUT2D eigenvalue weighted by molar-refractivity contribution is 8.13. The van der Waals surface area contributed by atoms with Crippen molar-refractivity contribution in [2.45, 2.75) is 13.8 Å². The number of rotatable bonds is 2. The molecule has 0 N–H and O–H groups in total. The number of aryl methyl sites for hydroxylation is 1. The lowest BCUT2D eigenvalue weighted by molar-refractivity contribution is -0.109. The lowest BCUT2D eigenvalue weighted by Gasteiger charge is -2.01. The van der Waals surface area contributed by atoms with E-state index < -0.39 is 0 Å². The van der Waals surface area contributed by atoms with Gasteiger partial charge in [0.2, 0.25) is 5.88 Å². The van der Waals surface area contributed by atoms with Gasteiger partial charge in [0, 0.05) is 24.2 Å². The van der Waals surface area contributed by atoms with Crippen LogP contribution in [0.3, 0.4) is 0 Å². The van der Waals surface area contributed by atoms with Crippen molar-refractivity contribution in [1.82, 2.24) is 4.98 Å². The van der Waals surface area contributed by atoms with Gasteiger partial charge in [0.15, 0.2) is 5.12 Å². The quantitative estimate of drug-likeness (QED) is 0.735. The molecule has 1 aromatic heterocycles. The van der Waals surface area contributed by atoms with Gasteiger partial charge in [0.1, 0.15) is 0 Å². The van der Waals surface area contributed by atoms with Crippen LogP contribution in [0.2, 0.25) is 0 Å². The van der Waals surface area contributed by atoms with Gasteiger partial charge in [-0.2, -0.15) is 0 Å². The molecule has 0 amide bonds. The lowest BCUT2D eigenvalue weighted by atomic mass is 10.2. The molecule has 0 spiro atoms. The minimum Gasteiger partial charge on any atom is -0.481 e. The van der Waals surface area contributed by atoms with Gasteiger partial charge >= 0.3 is 0 Å². The minimum absolute atomic E-state index is 0.0818. The van der Waals surface area contributed by atoms with Crippen molar-refractivity contribution in [3.8, 4) is 17.7 Å². The first-order valence-corrected chi connectivity index (χ1v) is 5.75. The van der Waals surface area contributed by atoms with E-state index in [4.69, 9.17) is 4.74 Å². The fraction of sp³-hybridized carbons (Fsp3) is 0.333. The van der Waals surface area contributed by atoms with Crippen molar-refractivity contribution in [3.05, 3.63) is 23.4 Å². The molecule has 84 valence electrons. The van der Waals surface area contributed by atoms with Crippen LogP contribution in [0.15, 0.2) is 12.3 Å². The monoisotopic (exact) mass is 235 g/mol. The molecule has 0 saturated heterocycles. The molecule has 1 heterocycles. The zero-order valence-corrected chi connectivity index (χ0v) is 10.4. The Kier molecular flexibility index (Phi) is 4.87. The summed E-state index contributed by atoms with van der Waals surface area (Å²) in [6, 6.07) is 1.91. The van der Waals surface area contributed by atoms with Gasteiger partial charge in [-0.1, -0.05) is 23.6 Å². The first-order chi connectivity index (χ1) is 7.63. The van der Waals surface area contributed by atoms with Gasteiger partial charge in [-0.15, -0.1) is 0 Å². The molecule has 0 saturated carbocycles. The van der Waals surface area contributed by atoms with Crippen molar-refractivity contribution in [2.24, 2.45) is 0 Å². The van der Waals surface area contributed by atoms with E-state index in [9.17, 15) is 4.79 Å². The molecular weight excluding hydrogens is 222 g/mol. The molecule has 0 fully saturated rings. The maximum absolute atomic E-state index is 10.7. The number of pyridine rings is 1. The highest BCUT2D eigenvalue weighted by Crippen LogP contribution is 2.13. The molecule has 0 unspecified atom stereocenters. The van der Waals surface area contributed by atoms with Crippen LogP contribution in [0, 0.1) is 18.8 Å². The van der Waals surface area contributed by atoms with Crippen molar-refractivity contribution >= 4 is 16.9 Å². The largest absolute Gasteiger partial charge is 0.481 e. The third-order valence-electron chi connectivity index (χ3n) is 1.80.